The molecule has 5 rings (SSSR count). The first-order valence-corrected chi connectivity index (χ1v) is 10.7. The van der Waals surface area contributed by atoms with Crippen molar-refractivity contribution >= 4 is 22.9 Å². The molecule has 2 aromatic carbocycles. The number of carbonyl (C=O) groups excluding carboxylic acids is 1. The van der Waals surface area contributed by atoms with Crippen LogP contribution in [0.5, 0.6) is 11.5 Å². The minimum Gasteiger partial charge on any atom is -0.493 e. The van der Waals surface area contributed by atoms with Crippen molar-refractivity contribution in [1.29, 1.82) is 0 Å². The second kappa shape index (κ2) is 9.30. The maximum Gasteiger partial charge on any atom is 0.260 e. The van der Waals surface area contributed by atoms with E-state index in [9.17, 15) is 9.18 Å². The molecule has 11 heteroatoms. The monoisotopic (exact) mass is 463 g/mol. The van der Waals surface area contributed by atoms with Gasteiger partial charge in [0.15, 0.2) is 35.1 Å². The lowest BCUT2D eigenvalue weighted by molar-refractivity contribution is -0.133. The van der Waals surface area contributed by atoms with E-state index in [1.807, 2.05) is 12.1 Å². The molecular weight excluding hydrogens is 441 g/mol. The summed E-state index contributed by atoms with van der Waals surface area (Å²) >= 11 is 0. The number of ether oxygens (including phenoxy) is 2. The molecule has 3 heterocycles. The first-order valence-electron chi connectivity index (χ1n) is 10.7. The minimum absolute atomic E-state index is 0.0654. The maximum absolute atomic E-state index is 13.3. The Morgan fingerprint density at radius 3 is 2.47 bits per heavy atom. The van der Waals surface area contributed by atoms with Crippen LogP contribution in [-0.4, -0.2) is 75.7 Å². The Bertz CT molecular complexity index is 1300. The van der Waals surface area contributed by atoms with Crippen LogP contribution in [0.1, 0.15) is 0 Å². The van der Waals surface area contributed by atoms with Crippen LogP contribution < -0.4 is 14.4 Å². The summed E-state index contributed by atoms with van der Waals surface area (Å²) in [6, 6.07) is 13.2. The number of benzene rings is 2. The smallest absolute Gasteiger partial charge is 0.260 e. The van der Waals surface area contributed by atoms with Gasteiger partial charge in [0.25, 0.3) is 5.91 Å². The number of hydrogen-bond acceptors (Lipinski definition) is 8. The predicted octanol–water partition coefficient (Wildman–Crippen LogP) is 2.09. The van der Waals surface area contributed by atoms with Crippen LogP contribution in [0.3, 0.4) is 0 Å². The highest BCUT2D eigenvalue weighted by Crippen LogP contribution is 2.26. The van der Waals surface area contributed by atoms with Crippen molar-refractivity contribution in [2.24, 2.45) is 0 Å². The van der Waals surface area contributed by atoms with Gasteiger partial charge in [-0.1, -0.05) is 17.3 Å². The highest BCUT2D eigenvalue weighted by Gasteiger charge is 2.25. The van der Waals surface area contributed by atoms with E-state index in [0.29, 0.717) is 60.3 Å². The van der Waals surface area contributed by atoms with E-state index in [1.165, 1.54) is 18.5 Å². The normalized spacial score (nSPS) is 13.8. The number of anilines is 1. The fourth-order valence-corrected chi connectivity index (χ4v) is 3.86. The third-order valence-electron chi connectivity index (χ3n) is 5.64. The molecule has 1 aliphatic rings. The summed E-state index contributed by atoms with van der Waals surface area (Å²) in [6.07, 6.45) is 1.46. The van der Waals surface area contributed by atoms with E-state index >= 15 is 0 Å². The molecule has 0 N–H and O–H groups in total. The fourth-order valence-electron chi connectivity index (χ4n) is 3.86. The Morgan fingerprint density at radius 2 is 1.74 bits per heavy atom. The summed E-state index contributed by atoms with van der Waals surface area (Å²) in [6.45, 7) is 2.13. The van der Waals surface area contributed by atoms with Crippen LogP contribution in [0.4, 0.5) is 10.2 Å². The summed E-state index contributed by atoms with van der Waals surface area (Å²) in [4.78, 5) is 25.2. The largest absolute Gasteiger partial charge is 0.493 e. The first kappa shape index (κ1) is 21.6. The van der Waals surface area contributed by atoms with E-state index in [1.54, 1.807) is 41.0 Å². The molecule has 1 aliphatic heterocycles. The third kappa shape index (κ3) is 4.19. The van der Waals surface area contributed by atoms with Gasteiger partial charge in [-0.25, -0.2) is 14.4 Å². The topological polar surface area (TPSA) is 98.5 Å². The van der Waals surface area contributed by atoms with Crippen LogP contribution in [-0.2, 0) is 4.79 Å². The Hall–Kier alpha value is -4.28. The predicted molar refractivity (Wildman–Crippen MR) is 122 cm³/mol. The maximum atomic E-state index is 13.3. The van der Waals surface area contributed by atoms with Gasteiger partial charge in [-0.3, -0.25) is 4.79 Å². The number of hydrogen-bond donors (Lipinski definition) is 0. The molecule has 10 nitrogen and oxygen atoms in total. The molecule has 174 valence electrons. The van der Waals surface area contributed by atoms with Crippen molar-refractivity contribution in [2.75, 3.05) is 44.8 Å². The van der Waals surface area contributed by atoms with Gasteiger partial charge in [0.05, 0.1) is 12.8 Å². The van der Waals surface area contributed by atoms with Crippen molar-refractivity contribution in [2.45, 2.75) is 0 Å². The van der Waals surface area contributed by atoms with Crippen LogP contribution >= 0.6 is 0 Å². The average Bonchev–Trinajstić information content (AvgIpc) is 3.32. The lowest BCUT2D eigenvalue weighted by Crippen LogP contribution is -2.50. The lowest BCUT2D eigenvalue weighted by Gasteiger charge is -2.35. The Labute approximate surface area is 194 Å². The zero-order valence-corrected chi connectivity index (χ0v) is 18.5. The van der Waals surface area contributed by atoms with E-state index in [4.69, 9.17) is 9.47 Å². The number of rotatable bonds is 6. The zero-order valence-electron chi connectivity index (χ0n) is 18.5. The van der Waals surface area contributed by atoms with Gasteiger partial charge >= 0.3 is 0 Å². The number of halogens is 1. The lowest BCUT2D eigenvalue weighted by atomic mass is 10.3. The van der Waals surface area contributed by atoms with E-state index < -0.39 is 0 Å². The van der Waals surface area contributed by atoms with Gasteiger partial charge in [0.2, 0.25) is 0 Å². The summed E-state index contributed by atoms with van der Waals surface area (Å²) in [5.41, 5.74) is 1.73. The van der Waals surface area contributed by atoms with Crippen molar-refractivity contribution in [3.63, 3.8) is 0 Å². The van der Waals surface area contributed by atoms with Gasteiger partial charge in [-0.2, -0.15) is 4.68 Å². The summed E-state index contributed by atoms with van der Waals surface area (Å²) in [7, 11) is 1.56. The third-order valence-corrected chi connectivity index (χ3v) is 5.64. The molecule has 4 aromatic rings. The molecule has 0 radical (unpaired) electrons. The highest BCUT2D eigenvalue weighted by molar-refractivity contribution is 5.84. The standard InChI is InChI=1S/C23H22FN7O3/c1-33-18-4-2-3-5-19(18)34-14-20(32)29-10-12-30(13-11-29)22-21-23(26-15-25-22)31(28-27-21)17-8-6-16(24)7-9-17/h2-9,15H,10-14H2,1H3. The molecule has 1 saturated heterocycles. The molecule has 0 atom stereocenters. The quantitative estimate of drug-likeness (QED) is 0.429. The summed E-state index contributed by atoms with van der Waals surface area (Å²) in [5, 5.41) is 8.45. The molecule has 0 aliphatic carbocycles. The Balaban J connectivity index is 1.25. The SMILES string of the molecule is COc1ccccc1OCC(=O)N1CCN(c2ncnc3c2nnn3-c2ccc(F)cc2)CC1. The number of amides is 1. The highest BCUT2D eigenvalue weighted by atomic mass is 19.1. The first-order chi connectivity index (χ1) is 16.6. The Kier molecular flexibility index (Phi) is 5.90. The molecular formula is C23H22FN7O3. The summed E-state index contributed by atoms with van der Waals surface area (Å²) in [5.74, 6) is 1.34. The van der Waals surface area contributed by atoms with E-state index in [-0.39, 0.29) is 18.3 Å². The van der Waals surface area contributed by atoms with Crippen molar-refractivity contribution in [3.05, 3.63) is 60.7 Å². The number of carbonyl (C=O) groups is 1. The van der Waals surface area contributed by atoms with Crippen molar-refractivity contribution < 1.29 is 18.7 Å². The molecule has 0 spiro atoms. The van der Waals surface area contributed by atoms with Gasteiger partial charge < -0.3 is 19.3 Å². The number of para-hydroxylation sites is 2. The van der Waals surface area contributed by atoms with Crippen molar-refractivity contribution in [3.8, 4) is 17.2 Å². The van der Waals surface area contributed by atoms with E-state index in [0.717, 1.165) is 0 Å². The molecule has 0 bridgehead atoms. The van der Waals surface area contributed by atoms with Gasteiger partial charge in [-0.05, 0) is 36.4 Å². The molecule has 1 amide bonds. The van der Waals surface area contributed by atoms with Crippen LogP contribution in [0.15, 0.2) is 54.9 Å². The van der Waals surface area contributed by atoms with Crippen molar-refractivity contribution in [1.82, 2.24) is 29.9 Å². The number of fused-ring (bicyclic) bond motifs is 1. The number of aromatic nitrogens is 5. The van der Waals surface area contributed by atoms with Gasteiger partial charge in [0, 0.05) is 26.2 Å². The minimum atomic E-state index is -0.329. The van der Waals surface area contributed by atoms with E-state index in [2.05, 4.69) is 25.2 Å². The van der Waals surface area contributed by atoms with Crippen LogP contribution in [0.2, 0.25) is 0 Å². The number of methoxy groups -OCH3 is 1. The molecule has 0 unspecified atom stereocenters. The second-order valence-electron chi connectivity index (χ2n) is 7.65. The second-order valence-corrected chi connectivity index (χ2v) is 7.65. The molecule has 34 heavy (non-hydrogen) atoms. The zero-order chi connectivity index (χ0) is 23.5. The van der Waals surface area contributed by atoms with Gasteiger partial charge in [0.1, 0.15) is 12.1 Å². The number of piperazine rings is 1. The van der Waals surface area contributed by atoms with Crippen LogP contribution in [0.25, 0.3) is 16.9 Å². The van der Waals surface area contributed by atoms with Gasteiger partial charge in [-0.15, -0.1) is 5.10 Å². The molecule has 1 fully saturated rings. The number of nitrogens with zero attached hydrogens (tertiary/aromatic N) is 7. The van der Waals surface area contributed by atoms with Crippen LogP contribution in [0, 0.1) is 5.82 Å². The fraction of sp³-hybridized carbons (Fsp3) is 0.261. The summed E-state index contributed by atoms with van der Waals surface area (Å²) < 4.78 is 25.8. The average molecular weight is 463 g/mol. The molecule has 2 aromatic heterocycles. The Morgan fingerprint density at radius 1 is 1.00 bits per heavy atom. The molecule has 0 saturated carbocycles.